The number of nitrogens with zero attached hydrogens (tertiary/aromatic N) is 1. The van der Waals surface area contributed by atoms with Crippen LogP contribution >= 0.6 is 0 Å². The van der Waals surface area contributed by atoms with E-state index >= 15 is 0 Å². The first-order chi connectivity index (χ1) is 10.5. The Kier molecular flexibility index (Phi) is 4.26. The van der Waals surface area contributed by atoms with Gasteiger partial charge in [-0.1, -0.05) is 44.2 Å². The molecule has 120 valence electrons. The summed E-state index contributed by atoms with van der Waals surface area (Å²) < 4.78 is 0. The van der Waals surface area contributed by atoms with Crippen molar-refractivity contribution in [2.24, 2.45) is 5.92 Å². The van der Waals surface area contributed by atoms with E-state index in [9.17, 15) is 4.79 Å². The lowest BCUT2D eigenvalue weighted by Crippen LogP contribution is -2.52. The van der Waals surface area contributed by atoms with Gasteiger partial charge in [0.15, 0.2) is 0 Å². The van der Waals surface area contributed by atoms with E-state index in [2.05, 4.69) is 47.5 Å². The quantitative estimate of drug-likeness (QED) is 0.930. The predicted molar refractivity (Wildman–Crippen MR) is 89.7 cm³/mol. The van der Waals surface area contributed by atoms with Gasteiger partial charge < -0.3 is 10.2 Å². The molecule has 22 heavy (non-hydrogen) atoms. The van der Waals surface area contributed by atoms with Crippen LogP contribution in [0.15, 0.2) is 30.3 Å². The molecule has 1 N–H and O–H groups in total. The van der Waals surface area contributed by atoms with Gasteiger partial charge in [0.2, 0.25) is 5.91 Å². The summed E-state index contributed by atoms with van der Waals surface area (Å²) in [5.74, 6) is 0.417. The maximum Gasteiger partial charge on any atom is 0.225 e. The van der Waals surface area contributed by atoms with Crippen molar-refractivity contribution < 1.29 is 4.79 Å². The Bertz CT molecular complexity index is 527. The van der Waals surface area contributed by atoms with Gasteiger partial charge in [-0.15, -0.1) is 0 Å². The lowest BCUT2D eigenvalue weighted by Gasteiger charge is -2.38. The molecule has 2 saturated heterocycles. The SMILES string of the molecule is CC(C)C(=O)N1CCC[C@@H]2N[C@](C)(Cc3ccccc3)C[C@@H]21. The number of carbonyl (C=O) groups is 1. The zero-order chi connectivity index (χ0) is 15.7. The van der Waals surface area contributed by atoms with Crippen molar-refractivity contribution in [2.45, 2.75) is 64.1 Å². The van der Waals surface area contributed by atoms with Crippen LogP contribution in [0.1, 0.15) is 45.6 Å². The first-order valence-electron chi connectivity index (χ1n) is 8.61. The molecule has 0 unspecified atom stereocenters. The van der Waals surface area contributed by atoms with Crippen molar-refractivity contribution in [3.63, 3.8) is 0 Å². The summed E-state index contributed by atoms with van der Waals surface area (Å²) in [5.41, 5.74) is 1.47. The van der Waals surface area contributed by atoms with Gasteiger partial charge in [-0.05, 0) is 38.2 Å². The standard InChI is InChI=1S/C19H28N2O/c1-14(2)18(22)21-11-7-10-16-17(21)13-19(3,20-16)12-15-8-5-4-6-9-15/h4-6,8-9,14,16-17,20H,7,10-13H2,1-3H3/t16-,17-,19+/m0/s1. The Labute approximate surface area is 134 Å². The van der Waals surface area contributed by atoms with Crippen LogP contribution in [-0.4, -0.2) is 35.0 Å². The zero-order valence-corrected chi connectivity index (χ0v) is 14.0. The maximum absolute atomic E-state index is 12.5. The molecule has 0 saturated carbocycles. The third kappa shape index (κ3) is 3.05. The normalized spacial score (nSPS) is 31.4. The molecule has 0 aromatic heterocycles. The van der Waals surface area contributed by atoms with Crippen molar-refractivity contribution in [3.05, 3.63) is 35.9 Å². The molecule has 2 fully saturated rings. The number of likely N-dealkylation sites (tertiary alicyclic amines) is 1. The van der Waals surface area contributed by atoms with Crippen molar-refractivity contribution in [2.75, 3.05) is 6.54 Å². The number of fused-ring (bicyclic) bond motifs is 1. The number of hydrogen-bond acceptors (Lipinski definition) is 2. The highest BCUT2D eigenvalue weighted by Crippen LogP contribution is 2.35. The van der Waals surface area contributed by atoms with Gasteiger partial charge in [0.05, 0.1) is 0 Å². The number of amides is 1. The highest BCUT2D eigenvalue weighted by atomic mass is 16.2. The van der Waals surface area contributed by atoms with Gasteiger partial charge in [0.1, 0.15) is 0 Å². The second-order valence-electron chi connectivity index (χ2n) is 7.57. The molecule has 0 radical (unpaired) electrons. The van der Waals surface area contributed by atoms with Crippen LogP contribution in [0.4, 0.5) is 0 Å². The fourth-order valence-corrected chi connectivity index (χ4v) is 4.22. The Hall–Kier alpha value is -1.35. The molecule has 2 aliphatic heterocycles. The Balaban J connectivity index is 1.75. The largest absolute Gasteiger partial charge is 0.338 e. The summed E-state index contributed by atoms with van der Waals surface area (Å²) in [4.78, 5) is 14.7. The molecule has 1 aromatic rings. The Morgan fingerprint density at radius 3 is 2.77 bits per heavy atom. The molecule has 3 heteroatoms. The van der Waals surface area contributed by atoms with Crippen LogP contribution < -0.4 is 5.32 Å². The second-order valence-corrected chi connectivity index (χ2v) is 7.57. The number of rotatable bonds is 3. The van der Waals surface area contributed by atoms with Crippen LogP contribution in [0, 0.1) is 5.92 Å². The third-order valence-corrected chi connectivity index (χ3v) is 5.19. The van der Waals surface area contributed by atoms with E-state index in [0.717, 1.165) is 25.8 Å². The molecule has 1 aromatic carbocycles. The molecule has 2 aliphatic rings. The van der Waals surface area contributed by atoms with E-state index in [1.807, 2.05) is 13.8 Å². The van der Waals surface area contributed by atoms with E-state index in [0.29, 0.717) is 18.0 Å². The number of carbonyl (C=O) groups excluding carboxylic acids is 1. The first-order valence-corrected chi connectivity index (χ1v) is 8.61. The van der Waals surface area contributed by atoms with Gasteiger partial charge in [0.25, 0.3) is 0 Å². The predicted octanol–water partition coefficient (Wildman–Crippen LogP) is 3.00. The van der Waals surface area contributed by atoms with Gasteiger partial charge in [0, 0.05) is 30.1 Å². The molecule has 0 aliphatic carbocycles. The van der Waals surface area contributed by atoms with Crippen LogP contribution in [0.5, 0.6) is 0 Å². The van der Waals surface area contributed by atoms with E-state index in [4.69, 9.17) is 0 Å². The van der Waals surface area contributed by atoms with Crippen LogP contribution in [-0.2, 0) is 11.2 Å². The molecule has 0 bridgehead atoms. The topological polar surface area (TPSA) is 32.3 Å². The molecule has 3 rings (SSSR count). The van der Waals surface area contributed by atoms with Crippen LogP contribution in [0.3, 0.4) is 0 Å². The smallest absolute Gasteiger partial charge is 0.225 e. The number of hydrogen-bond donors (Lipinski definition) is 1. The summed E-state index contributed by atoms with van der Waals surface area (Å²) in [6.07, 6.45) is 4.40. The molecule has 2 heterocycles. The van der Waals surface area contributed by atoms with Crippen molar-refractivity contribution in [3.8, 4) is 0 Å². The molecule has 3 nitrogen and oxygen atoms in total. The summed E-state index contributed by atoms with van der Waals surface area (Å²) in [5, 5.41) is 3.85. The highest BCUT2D eigenvalue weighted by Gasteiger charge is 2.46. The highest BCUT2D eigenvalue weighted by molar-refractivity contribution is 5.78. The van der Waals surface area contributed by atoms with Gasteiger partial charge >= 0.3 is 0 Å². The third-order valence-electron chi connectivity index (χ3n) is 5.19. The van der Waals surface area contributed by atoms with E-state index in [1.165, 1.54) is 12.0 Å². The minimum Gasteiger partial charge on any atom is -0.338 e. The summed E-state index contributed by atoms with van der Waals surface area (Å²) in [6.45, 7) is 7.27. The van der Waals surface area contributed by atoms with Crippen molar-refractivity contribution in [1.29, 1.82) is 0 Å². The fraction of sp³-hybridized carbons (Fsp3) is 0.632. The monoisotopic (exact) mass is 300 g/mol. The number of piperidine rings is 1. The summed E-state index contributed by atoms with van der Waals surface area (Å²) >= 11 is 0. The number of benzene rings is 1. The molecular formula is C19H28N2O. The maximum atomic E-state index is 12.5. The average Bonchev–Trinajstić information content (AvgIpc) is 2.82. The summed E-state index contributed by atoms with van der Waals surface area (Å²) in [7, 11) is 0. The first kappa shape index (κ1) is 15.5. The second kappa shape index (κ2) is 6.04. The molecule has 1 amide bonds. The van der Waals surface area contributed by atoms with Crippen molar-refractivity contribution in [1.82, 2.24) is 10.2 Å². The van der Waals surface area contributed by atoms with Gasteiger partial charge in [-0.2, -0.15) is 0 Å². The van der Waals surface area contributed by atoms with Gasteiger partial charge in [-0.3, -0.25) is 4.79 Å². The molecular weight excluding hydrogens is 272 g/mol. The van der Waals surface area contributed by atoms with Crippen LogP contribution in [0.2, 0.25) is 0 Å². The lowest BCUT2D eigenvalue weighted by molar-refractivity contribution is -0.138. The fourth-order valence-electron chi connectivity index (χ4n) is 4.22. The van der Waals surface area contributed by atoms with E-state index < -0.39 is 0 Å². The molecule has 0 spiro atoms. The lowest BCUT2D eigenvalue weighted by atomic mass is 9.88. The Morgan fingerprint density at radius 2 is 2.09 bits per heavy atom. The van der Waals surface area contributed by atoms with E-state index in [1.54, 1.807) is 0 Å². The minimum absolute atomic E-state index is 0.0938. The van der Waals surface area contributed by atoms with Gasteiger partial charge in [-0.25, -0.2) is 0 Å². The zero-order valence-electron chi connectivity index (χ0n) is 14.0. The minimum atomic E-state index is 0.0938. The number of nitrogens with one attached hydrogen (secondary N) is 1. The van der Waals surface area contributed by atoms with Crippen LogP contribution in [0.25, 0.3) is 0 Å². The van der Waals surface area contributed by atoms with Crippen molar-refractivity contribution >= 4 is 5.91 Å². The average molecular weight is 300 g/mol. The van der Waals surface area contributed by atoms with E-state index in [-0.39, 0.29) is 11.5 Å². The molecule has 3 atom stereocenters. The summed E-state index contributed by atoms with van der Waals surface area (Å²) in [6, 6.07) is 11.5. The Morgan fingerprint density at radius 1 is 1.36 bits per heavy atom.